The molecule has 1 aliphatic rings. The summed E-state index contributed by atoms with van der Waals surface area (Å²) in [5.41, 5.74) is 6.47. The van der Waals surface area contributed by atoms with Crippen LogP contribution in [0.4, 0.5) is 0 Å². The smallest absolute Gasteiger partial charge is 0.239 e. The molecule has 5 heteroatoms. The number of benzene rings is 1. The van der Waals surface area contributed by atoms with Gasteiger partial charge in [0.15, 0.2) is 0 Å². The van der Waals surface area contributed by atoms with Gasteiger partial charge in [0.2, 0.25) is 5.91 Å². The quantitative estimate of drug-likeness (QED) is 0.864. The van der Waals surface area contributed by atoms with Crippen LogP contribution in [0.25, 0.3) is 0 Å². The van der Waals surface area contributed by atoms with Gasteiger partial charge in [0.25, 0.3) is 0 Å². The molecule has 19 heavy (non-hydrogen) atoms. The summed E-state index contributed by atoms with van der Waals surface area (Å²) in [4.78, 5) is 11.7. The van der Waals surface area contributed by atoms with E-state index in [2.05, 4.69) is 27.5 Å². The molecule has 2 rings (SSSR count). The third-order valence-corrected chi connectivity index (χ3v) is 5.17. The molecule has 3 N–H and O–H groups in total. The molecule has 0 spiro atoms. The Morgan fingerprint density at radius 1 is 1.53 bits per heavy atom. The van der Waals surface area contributed by atoms with Gasteiger partial charge in [-0.3, -0.25) is 10.1 Å². The second kappa shape index (κ2) is 6.77. The lowest BCUT2D eigenvalue weighted by molar-refractivity contribution is -0.120. The molecule has 0 aromatic heterocycles. The molecule has 1 aromatic rings. The molecular formula is C14H19BrN2OS. The fraction of sp³-hybridized carbons (Fsp3) is 0.500. The molecule has 0 bridgehead atoms. The van der Waals surface area contributed by atoms with Gasteiger partial charge in [-0.25, -0.2) is 0 Å². The van der Waals surface area contributed by atoms with Crippen molar-refractivity contribution in [1.82, 2.24) is 5.32 Å². The molecule has 104 valence electrons. The van der Waals surface area contributed by atoms with Crippen molar-refractivity contribution in [1.29, 1.82) is 0 Å². The predicted molar refractivity (Wildman–Crippen MR) is 84.2 cm³/mol. The monoisotopic (exact) mass is 342 g/mol. The number of hydrogen-bond acceptors (Lipinski definition) is 3. The van der Waals surface area contributed by atoms with E-state index in [-0.39, 0.29) is 5.91 Å². The number of carbonyl (C=O) groups excluding carboxylic acids is 1. The van der Waals surface area contributed by atoms with Crippen LogP contribution in [0.5, 0.6) is 0 Å². The summed E-state index contributed by atoms with van der Waals surface area (Å²) >= 11 is 5.34. The van der Waals surface area contributed by atoms with Crippen LogP contribution in [0.3, 0.4) is 0 Å². The first-order chi connectivity index (χ1) is 9.10. The number of thioether (sulfide) groups is 1. The Morgan fingerprint density at radius 2 is 2.32 bits per heavy atom. The predicted octanol–water partition coefficient (Wildman–Crippen LogP) is 2.85. The Bertz CT molecular complexity index is 455. The minimum Gasteiger partial charge on any atom is -0.368 e. The number of amides is 1. The fourth-order valence-electron chi connectivity index (χ4n) is 2.57. The van der Waals surface area contributed by atoms with Crippen LogP contribution < -0.4 is 11.1 Å². The molecule has 1 amide bonds. The van der Waals surface area contributed by atoms with Gasteiger partial charge in [-0.2, -0.15) is 11.8 Å². The highest BCUT2D eigenvalue weighted by Gasteiger charge is 2.28. The Hall–Kier alpha value is -0.520. The largest absolute Gasteiger partial charge is 0.368 e. The van der Waals surface area contributed by atoms with E-state index in [4.69, 9.17) is 5.73 Å². The number of nitrogens with two attached hydrogens (primary N) is 1. The number of nitrogens with one attached hydrogen (secondary N) is 1. The van der Waals surface area contributed by atoms with Gasteiger partial charge in [0.1, 0.15) is 6.04 Å². The first kappa shape index (κ1) is 14.9. The van der Waals surface area contributed by atoms with Crippen molar-refractivity contribution in [2.24, 2.45) is 5.73 Å². The van der Waals surface area contributed by atoms with E-state index >= 15 is 0 Å². The minimum atomic E-state index is -0.400. The van der Waals surface area contributed by atoms with E-state index in [0.717, 1.165) is 22.9 Å². The maximum absolute atomic E-state index is 11.7. The normalized spacial score (nSPS) is 24.3. The summed E-state index contributed by atoms with van der Waals surface area (Å²) in [6.45, 7) is 0. The summed E-state index contributed by atoms with van der Waals surface area (Å²) in [5.74, 6) is -0.314. The molecular weight excluding hydrogens is 324 g/mol. The molecule has 3 atom stereocenters. The minimum absolute atomic E-state index is 0.314. The summed E-state index contributed by atoms with van der Waals surface area (Å²) in [5, 5.41) is 4.12. The topological polar surface area (TPSA) is 55.1 Å². The Labute approximate surface area is 126 Å². The van der Waals surface area contributed by atoms with Crippen molar-refractivity contribution < 1.29 is 4.79 Å². The van der Waals surface area contributed by atoms with Gasteiger partial charge < -0.3 is 5.73 Å². The van der Waals surface area contributed by atoms with Gasteiger partial charge in [-0.15, -0.1) is 0 Å². The summed E-state index contributed by atoms with van der Waals surface area (Å²) in [7, 11) is 0. The summed E-state index contributed by atoms with van der Waals surface area (Å²) < 4.78 is 0.964. The molecule has 0 saturated heterocycles. The molecule has 1 saturated carbocycles. The van der Waals surface area contributed by atoms with E-state index in [9.17, 15) is 4.79 Å². The van der Waals surface area contributed by atoms with Crippen molar-refractivity contribution in [3.05, 3.63) is 34.3 Å². The second-order valence-corrected chi connectivity index (χ2v) is 6.98. The van der Waals surface area contributed by atoms with E-state index in [1.807, 2.05) is 36.0 Å². The van der Waals surface area contributed by atoms with Crippen molar-refractivity contribution in [3.8, 4) is 0 Å². The van der Waals surface area contributed by atoms with Crippen LogP contribution in [-0.4, -0.2) is 23.5 Å². The van der Waals surface area contributed by atoms with Gasteiger partial charge >= 0.3 is 0 Å². The lowest BCUT2D eigenvalue weighted by Gasteiger charge is -2.21. The van der Waals surface area contributed by atoms with Gasteiger partial charge in [-0.1, -0.05) is 28.1 Å². The van der Waals surface area contributed by atoms with Crippen molar-refractivity contribution in [2.75, 3.05) is 6.26 Å². The van der Waals surface area contributed by atoms with Gasteiger partial charge in [-0.05, 0) is 43.2 Å². The third-order valence-electron chi connectivity index (χ3n) is 3.59. The number of hydrogen-bond donors (Lipinski definition) is 2. The molecule has 1 aromatic carbocycles. The molecule has 1 aliphatic carbocycles. The Balaban J connectivity index is 2.07. The zero-order chi connectivity index (χ0) is 13.8. The van der Waals surface area contributed by atoms with Gasteiger partial charge in [0, 0.05) is 15.8 Å². The molecule has 0 heterocycles. The Morgan fingerprint density at radius 3 is 2.89 bits per heavy atom. The second-order valence-electron chi connectivity index (χ2n) is 4.92. The van der Waals surface area contributed by atoms with Crippen LogP contribution in [0.1, 0.15) is 30.9 Å². The fourth-order valence-corrected chi connectivity index (χ4v) is 3.78. The van der Waals surface area contributed by atoms with Gasteiger partial charge in [0.05, 0.1) is 0 Å². The first-order valence-corrected chi connectivity index (χ1v) is 8.52. The molecule has 1 fully saturated rings. The highest BCUT2D eigenvalue weighted by Crippen LogP contribution is 2.30. The van der Waals surface area contributed by atoms with Crippen LogP contribution >= 0.6 is 27.7 Å². The average Bonchev–Trinajstić information content (AvgIpc) is 2.83. The molecule has 0 radical (unpaired) electrons. The van der Waals surface area contributed by atoms with Crippen LogP contribution in [0.15, 0.2) is 28.7 Å². The molecule has 0 unspecified atom stereocenters. The highest BCUT2D eigenvalue weighted by molar-refractivity contribution is 9.10. The number of primary amides is 1. The Kier molecular flexibility index (Phi) is 5.30. The average molecular weight is 343 g/mol. The number of carbonyl (C=O) groups is 1. The van der Waals surface area contributed by atoms with Crippen LogP contribution in [0, 0.1) is 0 Å². The zero-order valence-corrected chi connectivity index (χ0v) is 13.3. The lowest BCUT2D eigenvalue weighted by atomic mass is 10.0. The number of rotatable bonds is 5. The highest BCUT2D eigenvalue weighted by atomic mass is 79.9. The van der Waals surface area contributed by atoms with Crippen molar-refractivity contribution in [3.63, 3.8) is 0 Å². The maximum atomic E-state index is 11.7. The van der Waals surface area contributed by atoms with E-state index in [0.29, 0.717) is 11.3 Å². The van der Waals surface area contributed by atoms with Crippen molar-refractivity contribution in [2.45, 2.75) is 36.6 Å². The maximum Gasteiger partial charge on any atom is 0.239 e. The lowest BCUT2D eigenvalue weighted by Crippen LogP contribution is -2.39. The summed E-state index contributed by atoms with van der Waals surface area (Å²) in [6, 6.07) is 7.74. The zero-order valence-electron chi connectivity index (χ0n) is 10.9. The summed E-state index contributed by atoms with van der Waals surface area (Å²) in [6.07, 6.45) is 5.58. The SMILES string of the molecule is CS[C@@H]1CC[C@@H](N[C@H](C(N)=O)c2cccc(Br)c2)C1. The van der Waals surface area contributed by atoms with Crippen molar-refractivity contribution >= 4 is 33.6 Å². The molecule has 0 aliphatic heterocycles. The first-order valence-electron chi connectivity index (χ1n) is 6.43. The standard InChI is InChI=1S/C14H19BrN2OS/c1-19-12-6-5-11(8-12)17-13(14(16)18)9-3-2-4-10(15)7-9/h2-4,7,11-13,17H,5-6,8H2,1H3,(H2,16,18)/t11-,12-,13+/m1/s1. The molecule has 3 nitrogen and oxygen atoms in total. The van der Waals surface area contributed by atoms with Crippen LogP contribution in [-0.2, 0) is 4.79 Å². The van der Waals surface area contributed by atoms with E-state index < -0.39 is 6.04 Å². The van der Waals surface area contributed by atoms with E-state index in [1.54, 1.807) is 0 Å². The number of halogens is 1. The van der Waals surface area contributed by atoms with E-state index in [1.165, 1.54) is 6.42 Å². The third kappa shape index (κ3) is 3.97. The van der Waals surface area contributed by atoms with Crippen LogP contribution in [0.2, 0.25) is 0 Å².